The summed E-state index contributed by atoms with van der Waals surface area (Å²) in [5.41, 5.74) is 2.87. The fourth-order valence-corrected chi connectivity index (χ4v) is 6.23. The summed E-state index contributed by atoms with van der Waals surface area (Å²) in [7, 11) is -4.14. The topological polar surface area (TPSA) is 86.8 Å². The molecule has 3 aromatic rings. The first kappa shape index (κ1) is 33.4. The quantitative estimate of drug-likeness (QED) is 0.207. The van der Waals surface area contributed by atoms with Crippen LogP contribution >= 0.6 is 23.2 Å². The first-order valence-electron chi connectivity index (χ1n) is 14.1. The lowest BCUT2D eigenvalue weighted by Gasteiger charge is -2.32. The van der Waals surface area contributed by atoms with Gasteiger partial charge in [-0.15, -0.1) is 0 Å². The Balaban J connectivity index is 2.04. The van der Waals surface area contributed by atoms with E-state index in [1.165, 1.54) is 17.0 Å². The summed E-state index contributed by atoms with van der Waals surface area (Å²) in [6.45, 7) is 9.55. The summed E-state index contributed by atoms with van der Waals surface area (Å²) >= 11 is 12.5. The number of sulfonamides is 1. The van der Waals surface area contributed by atoms with Gasteiger partial charge in [0.05, 0.1) is 10.6 Å². The number of hydrogen-bond acceptors (Lipinski definition) is 4. The molecule has 7 nitrogen and oxygen atoms in total. The third-order valence-corrected chi connectivity index (χ3v) is 9.46. The van der Waals surface area contributed by atoms with Crippen molar-refractivity contribution in [1.29, 1.82) is 0 Å². The van der Waals surface area contributed by atoms with Crippen molar-refractivity contribution < 1.29 is 18.0 Å². The lowest BCUT2D eigenvalue weighted by atomic mass is 10.0. The van der Waals surface area contributed by atoms with E-state index >= 15 is 0 Å². The molecule has 0 fully saturated rings. The van der Waals surface area contributed by atoms with E-state index in [0.717, 1.165) is 28.3 Å². The van der Waals surface area contributed by atoms with Crippen LogP contribution in [0.3, 0.4) is 0 Å². The number of carbonyl (C=O) groups excluding carboxylic acids is 2. The molecule has 10 heteroatoms. The van der Waals surface area contributed by atoms with Crippen molar-refractivity contribution in [2.45, 2.75) is 70.9 Å². The van der Waals surface area contributed by atoms with Gasteiger partial charge in [-0.25, -0.2) is 8.42 Å². The zero-order valence-corrected chi connectivity index (χ0v) is 27.1. The van der Waals surface area contributed by atoms with E-state index in [-0.39, 0.29) is 23.3 Å². The predicted octanol–water partition coefficient (Wildman–Crippen LogP) is 6.95. The van der Waals surface area contributed by atoms with E-state index in [9.17, 15) is 18.0 Å². The van der Waals surface area contributed by atoms with E-state index in [2.05, 4.69) is 5.32 Å². The Bertz CT molecular complexity index is 1480. The Hall–Kier alpha value is -3.07. The molecule has 42 heavy (non-hydrogen) atoms. The van der Waals surface area contributed by atoms with Crippen molar-refractivity contribution in [1.82, 2.24) is 10.2 Å². The smallest absolute Gasteiger partial charge is 0.264 e. The van der Waals surface area contributed by atoms with Crippen LogP contribution in [0.25, 0.3) is 0 Å². The fourth-order valence-electron chi connectivity index (χ4n) is 4.34. The molecule has 1 atom stereocenters. The van der Waals surface area contributed by atoms with Crippen LogP contribution in [0.5, 0.6) is 0 Å². The number of amides is 2. The first-order valence-corrected chi connectivity index (χ1v) is 16.2. The molecule has 1 N–H and O–H groups in total. The van der Waals surface area contributed by atoms with Crippen LogP contribution in [-0.4, -0.2) is 44.3 Å². The summed E-state index contributed by atoms with van der Waals surface area (Å²) in [6.07, 6.45) is 1.70. The number of hydrogen-bond donors (Lipinski definition) is 1. The second-order valence-corrected chi connectivity index (χ2v) is 13.4. The zero-order valence-electron chi connectivity index (χ0n) is 24.7. The van der Waals surface area contributed by atoms with Gasteiger partial charge in [0.25, 0.3) is 10.0 Å². The number of anilines is 1. The molecular weight excluding hydrogens is 593 g/mol. The fraction of sp³-hybridized carbons (Fsp3) is 0.375. The van der Waals surface area contributed by atoms with Crippen LogP contribution < -0.4 is 9.62 Å². The van der Waals surface area contributed by atoms with E-state index < -0.39 is 28.5 Å². The van der Waals surface area contributed by atoms with Gasteiger partial charge in [0.1, 0.15) is 12.6 Å². The molecule has 0 heterocycles. The molecule has 0 radical (unpaired) electrons. The number of unbranched alkanes of at least 4 members (excludes halogenated alkanes) is 1. The van der Waals surface area contributed by atoms with Gasteiger partial charge < -0.3 is 10.2 Å². The van der Waals surface area contributed by atoms with Gasteiger partial charge in [0.2, 0.25) is 11.8 Å². The van der Waals surface area contributed by atoms with Crippen molar-refractivity contribution in [3.8, 4) is 0 Å². The van der Waals surface area contributed by atoms with Crippen LogP contribution in [-0.2, 0) is 26.2 Å². The third kappa shape index (κ3) is 8.49. The lowest BCUT2D eigenvalue weighted by Crippen LogP contribution is -2.51. The molecule has 0 aliphatic heterocycles. The minimum absolute atomic E-state index is 0.0120. The Kier molecular flexibility index (Phi) is 11.9. The van der Waals surface area contributed by atoms with Gasteiger partial charge in [-0.3, -0.25) is 13.9 Å². The highest BCUT2D eigenvalue weighted by Gasteiger charge is 2.32. The van der Waals surface area contributed by atoms with Gasteiger partial charge in [0.15, 0.2) is 0 Å². The van der Waals surface area contributed by atoms with Gasteiger partial charge >= 0.3 is 0 Å². The van der Waals surface area contributed by atoms with Gasteiger partial charge in [-0.05, 0) is 73.7 Å². The normalized spacial score (nSPS) is 12.2. The lowest BCUT2D eigenvalue weighted by molar-refractivity contribution is -0.139. The van der Waals surface area contributed by atoms with Crippen molar-refractivity contribution in [2.24, 2.45) is 0 Å². The van der Waals surface area contributed by atoms with Crippen LogP contribution in [0, 0.1) is 6.92 Å². The van der Waals surface area contributed by atoms with Crippen LogP contribution in [0.15, 0.2) is 71.6 Å². The third-order valence-electron chi connectivity index (χ3n) is 7.09. The molecule has 0 spiro atoms. The zero-order chi connectivity index (χ0) is 31.0. The molecule has 3 rings (SSSR count). The highest BCUT2D eigenvalue weighted by atomic mass is 35.5. The van der Waals surface area contributed by atoms with E-state index in [4.69, 9.17) is 23.2 Å². The SMILES string of the molecule is CCCCNC(=O)[C@H](C)N(Cc1ccc(Cl)cc1Cl)C(=O)CN(c1ccc(C(C)C)cc1)S(=O)(=O)c1ccc(C)cc1. The van der Waals surface area contributed by atoms with Crippen molar-refractivity contribution in [3.05, 3.63) is 93.5 Å². The molecule has 0 aliphatic carbocycles. The number of carbonyl (C=O) groups is 2. The number of aryl methyl sites for hydroxylation is 1. The molecule has 0 bridgehead atoms. The Morgan fingerprint density at radius 1 is 0.929 bits per heavy atom. The van der Waals surface area contributed by atoms with Crippen LogP contribution in [0.2, 0.25) is 10.0 Å². The summed E-state index contributed by atoms with van der Waals surface area (Å²) in [5.74, 6) is -0.645. The second-order valence-electron chi connectivity index (χ2n) is 10.6. The summed E-state index contributed by atoms with van der Waals surface area (Å²) in [5, 5.41) is 3.65. The molecule has 0 saturated carbocycles. The molecule has 3 aromatic carbocycles. The maximum absolute atomic E-state index is 14.1. The average molecular weight is 633 g/mol. The minimum atomic E-state index is -4.14. The predicted molar refractivity (Wildman–Crippen MR) is 171 cm³/mol. The largest absolute Gasteiger partial charge is 0.354 e. The number of nitrogens with zero attached hydrogens (tertiary/aromatic N) is 2. The van der Waals surface area contributed by atoms with E-state index in [0.29, 0.717) is 27.8 Å². The summed E-state index contributed by atoms with van der Waals surface area (Å²) < 4.78 is 29.1. The number of rotatable bonds is 13. The van der Waals surface area contributed by atoms with Crippen LogP contribution in [0.4, 0.5) is 5.69 Å². The minimum Gasteiger partial charge on any atom is -0.354 e. The van der Waals surface area contributed by atoms with Crippen LogP contribution in [0.1, 0.15) is 63.1 Å². The molecule has 0 aliphatic rings. The van der Waals surface area contributed by atoms with Crippen molar-refractivity contribution in [3.63, 3.8) is 0 Å². The number of nitrogens with one attached hydrogen (secondary N) is 1. The highest BCUT2D eigenvalue weighted by molar-refractivity contribution is 7.92. The Morgan fingerprint density at radius 3 is 2.14 bits per heavy atom. The van der Waals surface area contributed by atoms with E-state index in [1.54, 1.807) is 49.4 Å². The van der Waals surface area contributed by atoms with Crippen molar-refractivity contribution >= 4 is 50.7 Å². The molecule has 2 amide bonds. The Morgan fingerprint density at radius 2 is 1.57 bits per heavy atom. The maximum Gasteiger partial charge on any atom is 0.264 e. The molecule has 0 aromatic heterocycles. The molecule has 0 unspecified atom stereocenters. The summed E-state index contributed by atoms with van der Waals surface area (Å²) in [6, 6.07) is 17.6. The molecule has 226 valence electrons. The monoisotopic (exact) mass is 631 g/mol. The molecular formula is C32H39Cl2N3O4S. The highest BCUT2D eigenvalue weighted by Crippen LogP contribution is 2.28. The van der Waals surface area contributed by atoms with Gasteiger partial charge in [-0.1, -0.05) is 86.3 Å². The maximum atomic E-state index is 14.1. The Labute approximate surface area is 259 Å². The number of halogens is 2. The van der Waals surface area contributed by atoms with Crippen molar-refractivity contribution in [2.75, 3.05) is 17.4 Å². The second kappa shape index (κ2) is 14.9. The average Bonchev–Trinajstić information content (AvgIpc) is 2.95. The van der Waals surface area contributed by atoms with Gasteiger partial charge in [0, 0.05) is 23.1 Å². The van der Waals surface area contributed by atoms with E-state index in [1.807, 2.05) is 39.8 Å². The van der Waals surface area contributed by atoms with Gasteiger partial charge in [-0.2, -0.15) is 0 Å². The summed E-state index contributed by atoms with van der Waals surface area (Å²) in [4.78, 5) is 28.6. The molecule has 0 saturated heterocycles. The first-order chi connectivity index (χ1) is 19.8. The number of benzene rings is 3. The standard InChI is InChI=1S/C32H39Cl2N3O4S/c1-6-7-18-35-32(39)24(5)36(20-26-10-13-27(33)19-30(26)34)31(38)21-37(28-14-11-25(12-15-28)22(2)3)42(40,41)29-16-8-23(4)9-17-29/h8-17,19,22,24H,6-7,18,20-21H2,1-5H3,(H,35,39)/t24-/m0/s1.